The number of fused-ring (bicyclic) bond motifs is 3. The molecule has 2 saturated heterocycles. The number of nitrogens with one attached hydrogen (secondary N) is 1. The van der Waals surface area contributed by atoms with Gasteiger partial charge in [-0.1, -0.05) is 84.9 Å². The standard InChI is InChI=1S/C52H82N2O10/c1-31-17-13-12-14-18-32(2)45(62-11)29-41-22-20-38(8)52(61,64-41)49(58)50(59)54-24-16-15-19-43(54)51(60)63-46(35(5)28-40-21-23-42(53-10)33(3)27-40)30-44(55)34(4)26-37(7)48(57)39(9)47(56)36(6)25-31/h12-14,17-18,26,31,33-36,38-43,45-46,48,53,57,61H,15-16,19-25,27-30H2,1-11H3/b14-12+,17-13+,32-18+,37-26+/t31-,33-,34-,35-,36-,38-,39+,40-,41+,42-,43?,45+,46+,48-,52-/m1/s1. The van der Waals surface area contributed by atoms with Gasteiger partial charge in [0.2, 0.25) is 5.79 Å². The Labute approximate surface area is 384 Å². The Balaban J connectivity index is 1.68. The number of ether oxygens (including phenoxy) is 3. The molecule has 64 heavy (non-hydrogen) atoms. The van der Waals surface area contributed by atoms with E-state index in [4.69, 9.17) is 14.2 Å². The van der Waals surface area contributed by atoms with Gasteiger partial charge >= 0.3 is 5.97 Å². The molecular formula is C52H82N2O10. The topological polar surface area (TPSA) is 169 Å². The van der Waals surface area contributed by atoms with Crippen molar-refractivity contribution in [2.75, 3.05) is 20.7 Å². The summed E-state index contributed by atoms with van der Waals surface area (Å²) in [6, 6.07) is -0.646. The van der Waals surface area contributed by atoms with Crippen molar-refractivity contribution < 1.29 is 48.4 Å². The van der Waals surface area contributed by atoms with Crippen LogP contribution in [0.5, 0.6) is 0 Å². The lowest BCUT2D eigenvalue weighted by Gasteiger charge is -2.42. The van der Waals surface area contributed by atoms with E-state index in [1.807, 2.05) is 65.1 Å². The second-order valence-corrected chi connectivity index (χ2v) is 20.3. The van der Waals surface area contributed by atoms with Gasteiger partial charge in [-0.2, -0.15) is 0 Å². The van der Waals surface area contributed by atoms with Crippen LogP contribution in [-0.2, 0) is 38.2 Å². The van der Waals surface area contributed by atoms with E-state index in [2.05, 4.69) is 12.2 Å². The van der Waals surface area contributed by atoms with Gasteiger partial charge in [0.15, 0.2) is 0 Å². The Kier molecular flexibility index (Phi) is 20.4. The molecular weight excluding hydrogens is 813 g/mol. The summed E-state index contributed by atoms with van der Waals surface area (Å²) in [4.78, 5) is 71.8. The molecule has 3 aliphatic heterocycles. The average Bonchev–Trinajstić information content (AvgIpc) is 3.27. The van der Waals surface area contributed by atoms with Gasteiger partial charge < -0.3 is 34.6 Å². The molecule has 3 N–H and O–H groups in total. The lowest BCUT2D eigenvalue weighted by atomic mass is 9.74. The summed E-state index contributed by atoms with van der Waals surface area (Å²) in [6.07, 6.45) is 15.7. The zero-order valence-corrected chi connectivity index (χ0v) is 40.8. The molecule has 12 heteroatoms. The van der Waals surface area contributed by atoms with Crippen molar-refractivity contribution in [3.8, 4) is 0 Å². The summed E-state index contributed by atoms with van der Waals surface area (Å²) < 4.78 is 18.3. The quantitative estimate of drug-likeness (QED) is 0.141. The molecule has 4 aliphatic rings. The van der Waals surface area contributed by atoms with Gasteiger partial charge in [-0.05, 0) is 120 Å². The maximum atomic E-state index is 14.4. The molecule has 0 spiro atoms. The minimum absolute atomic E-state index is 0.0474. The van der Waals surface area contributed by atoms with E-state index in [1.54, 1.807) is 40.9 Å². The molecule has 360 valence electrons. The largest absolute Gasteiger partial charge is 0.460 e. The van der Waals surface area contributed by atoms with Crippen molar-refractivity contribution in [2.45, 2.75) is 182 Å². The fourth-order valence-corrected chi connectivity index (χ4v) is 10.7. The van der Waals surface area contributed by atoms with Gasteiger partial charge in [0.25, 0.3) is 11.7 Å². The number of amides is 1. The molecule has 0 aromatic carbocycles. The lowest BCUT2D eigenvalue weighted by Crippen LogP contribution is -2.61. The number of methoxy groups -OCH3 is 1. The fourth-order valence-electron chi connectivity index (χ4n) is 10.7. The monoisotopic (exact) mass is 895 g/mol. The number of carbonyl (C=O) groups excluding carboxylic acids is 5. The van der Waals surface area contributed by atoms with Crippen molar-refractivity contribution in [3.05, 3.63) is 47.6 Å². The average molecular weight is 895 g/mol. The Hall–Kier alpha value is -3.29. The van der Waals surface area contributed by atoms with E-state index in [0.717, 1.165) is 31.3 Å². The predicted octanol–water partition coefficient (Wildman–Crippen LogP) is 7.65. The van der Waals surface area contributed by atoms with Crippen molar-refractivity contribution in [2.24, 2.45) is 47.3 Å². The number of hydrogen-bond donors (Lipinski definition) is 3. The Morgan fingerprint density at radius 2 is 1.62 bits per heavy atom. The Morgan fingerprint density at radius 3 is 2.30 bits per heavy atom. The van der Waals surface area contributed by atoms with E-state index < -0.39 is 71.7 Å². The molecule has 1 saturated carbocycles. The second-order valence-electron chi connectivity index (χ2n) is 20.3. The van der Waals surface area contributed by atoms with Crippen LogP contribution in [0.15, 0.2) is 47.6 Å². The molecule has 15 atom stereocenters. The van der Waals surface area contributed by atoms with E-state index in [9.17, 15) is 34.2 Å². The number of carbonyl (C=O) groups is 5. The summed E-state index contributed by atoms with van der Waals surface area (Å²) in [5.41, 5.74) is 1.43. The van der Waals surface area contributed by atoms with E-state index in [1.165, 1.54) is 4.90 Å². The molecule has 4 rings (SSSR count). The number of allylic oxidation sites excluding steroid dienone is 6. The minimum Gasteiger partial charge on any atom is -0.460 e. The number of rotatable bonds is 5. The molecule has 0 aromatic rings. The number of piperidine rings is 1. The first kappa shape index (κ1) is 53.3. The van der Waals surface area contributed by atoms with Gasteiger partial charge in [-0.25, -0.2) is 4.79 Å². The number of ketones is 3. The van der Waals surface area contributed by atoms with Crippen LogP contribution in [0.1, 0.15) is 139 Å². The number of aliphatic hydroxyl groups is 2. The SMILES string of the molecule is CN[C@@H]1CC[C@@H](C[C@@H](C)[C@@H]2CC(=O)[C@H](C)/C=C(\C)[C@@H](O)[C@@H](C)C(=O)[C@H](C)C[C@H](C)/C=C/C=C/C=C(\C)[C@@H](OC)C[C@@H]3CC[C@@H](C)[C@@](O)(O3)C(=O)C(=O)N3CCCCC3C(=O)O2)C[C@H]1C. The first-order valence-corrected chi connectivity index (χ1v) is 24.3. The number of Topliss-reactive ketones (excluding diaryl/α,β-unsaturated/α-hetero) is 3. The molecule has 0 aromatic heterocycles. The molecule has 1 unspecified atom stereocenters. The van der Waals surface area contributed by atoms with Crippen LogP contribution in [0, 0.1) is 47.3 Å². The highest BCUT2D eigenvalue weighted by molar-refractivity contribution is 6.39. The smallest absolute Gasteiger partial charge is 0.329 e. The summed E-state index contributed by atoms with van der Waals surface area (Å²) in [5.74, 6) is -6.97. The van der Waals surface area contributed by atoms with Crippen molar-refractivity contribution in [3.63, 3.8) is 0 Å². The van der Waals surface area contributed by atoms with Crippen LogP contribution < -0.4 is 5.32 Å². The number of hydrogen-bond acceptors (Lipinski definition) is 11. The van der Waals surface area contributed by atoms with Crippen LogP contribution in [0.4, 0.5) is 0 Å². The molecule has 1 aliphatic carbocycles. The van der Waals surface area contributed by atoms with E-state index in [-0.39, 0.29) is 48.7 Å². The highest BCUT2D eigenvalue weighted by Crippen LogP contribution is 2.38. The van der Waals surface area contributed by atoms with Crippen molar-refractivity contribution in [1.29, 1.82) is 0 Å². The Bertz CT molecular complexity index is 1740. The first-order chi connectivity index (χ1) is 30.2. The zero-order valence-electron chi connectivity index (χ0n) is 40.8. The second kappa shape index (κ2) is 24.5. The number of esters is 1. The summed E-state index contributed by atoms with van der Waals surface area (Å²) in [6.45, 7) is 17.2. The highest BCUT2D eigenvalue weighted by Gasteiger charge is 2.53. The van der Waals surface area contributed by atoms with Gasteiger partial charge in [-0.3, -0.25) is 19.2 Å². The van der Waals surface area contributed by atoms with E-state index >= 15 is 0 Å². The van der Waals surface area contributed by atoms with Gasteiger partial charge in [0.1, 0.15) is 23.7 Å². The molecule has 0 radical (unpaired) electrons. The van der Waals surface area contributed by atoms with Crippen molar-refractivity contribution >= 4 is 29.2 Å². The molecule has 3 heterocycles. The van der Waals surface area contributed by atoms with Gasteiger partial charge in [0, 0.05) is 56.2 Å². The molecule has 1 amide bonds. The third-order valence-corrected chi connectivity index (χ3v) is 15.1. The maximum Gasteiger partial charge on any atom is 0.329 e. The third kappa shape index (κ3) is 13.9. The molecule has 3 fully saturated rings. The summed E-state index contributed by atoms with van der Waals surface area (Å²) in [7, 11) is 3.58. The van der Waals surface area contributed by atoms with Crippen LogP contribution in [0.2, 0.25) is 0 Å². The lowest BCUT2D eigenvalue weighted by molar-refractivity contribution is -0.265. The summed E-state index contributed by atoms with van der Waals surface area (Å²) in [5, 5.41) is 26.8. The molecule has 12 nitrogen and oxygen atoms in total. The fraction of sp³-hybridized carbons (Fsp3) is 0.750. The number of cyclic esters (lactones) is 1. The number of nitrogens with zero attached hydrogens (tertiary/aromatic N) is 1. The van der Waals surface area contributed by atoms with Crippen LogP contribution in [0.25, 0.3) is 0 Å². The van der Waals surface area contributed by atoms with Crippen molar-refractivity contribution in [1.82, 2.24) is 10.2 Å². The van der Waals surface area contributed by atoms with E-state index in [0.29, 0.717) is 62.0 Å². The highest BCUT2D eigenvalue weighted by atomic mass is 16.6. The zero-order chi connectivity index (χ0) is 47.5. The first-order valence-electron chi connectivity index (χ1n) is 24.3. The van der Waals surface area contributed by atoms with Crippen LogP contribution in [-0.4, -0.2) is 107 Å². The minimum atomic E-state index is -2.40. The third-order valence-electron chi connectivity index (χ3n) is 15.1. The normalized spacial score (nSPS) is 40.9. The molecule has 2 bridgehead atoms. The number of aliphatic hydroxyl groups excluding tert-OH is 1. The van der Waals surface area contributed by atoms with Gasteiger partial charge in [0.05, 0.1) is 18.3 Å². The van der Waals surface area contributed by atoms with Crippen LogP contribution in [0.3, 0.4) is 0 Å². The van der Waals surface area contributed by atoms with Crippen LogP contribution >= 0.6 is 0 Å². The predicted molar refractivity (Wildman–Crippen MR) is 249 cm³/mol. The van der Waals surface area contributed by atoms with Gasteiger partial charge in [-0.15, -0.1) is 0 Å². The maximum absolute atomic E-state index is 14.4. The Morgan fingerprint density at radius 1 is 0.906 bits per heavy atom. The summed E-state index contributed by atoms with van der Waals surface area (Å²) >= 11 is 0.